The molecule has 5 rings (SSSR count). The van der Waals surface area contributed by atoms with Crippen molar-refractivity contribution < 1.29 is 8.42 Å². The Morgan fingerprint density at radius 3 is 2.29 bits per heavy atom. The number of likely N-dealkylation sites (N-methyl/N-ethyl adjacent to an activating group) is 1. The molecule has 14 heteroatoms. The first-order valence-corrected chi connectivity index (χ1v) is 16.8. The average Bonchev–Trinajstić information content (AvgIpc) is 2.94. The summed E-state index contributed by atoms with van der Waals surface area (Å²) < 4.78 is 26.1. The third kappa shape index (κ3) is 7.69. The number of nitrogens with zero attached hydrogens (tertiary/aromatic N) is 5. The molecule has 2 aromatic carbocycles. The van der Waals surface area contributed by atoms with Gasteiger partial charge in [-0.15, -0.1) is 0 Å². The summed E-state index contributed by atoms with van der Waals surface area (Å²) in [7, 11) is -1.34. The van der Waals surface area contributed by atoms with Crippen LogP contribution in [-0.4, -0.2) is 86.8 Å². The topological polar surface area (TPSA) is 106 Å². The molecule has 0 amide bonds. The van der Waals surface area contributed by atoms with Gasteiger partial charge < -0.3 is 20.4 Å². The number of sulfonamides is 1. The predicted octanol–water partition coefficient (Wildman–Crippen LogP) is 5.82. The van der Waals surface area contributed by atoms with E-state index in [4.69, 9.17) is 34.8 Å². The Labute approximate surface area is 262 Å². The molecule has 10 nitrogen and oxygen atoms in total. The average molecular weight is 654 g/mol. The van der Waals surface area contributed by atoms with E-state index in [-0.39, 0.29) is 16.8 Å². The second-order valence-electron chi connectivity index (χ2n) is 10.9. The molecular weight excluding hydrogens is 619 g/mol. The van der Waals surface area contributed by atoms with Crippen LogP contribution >= 0.6 is 34.8 Å². The van der Waals surface area contributed by atoms with Crippen LogP contribution in [0.4, 0.5) is 34.5 Å². The van der Waals surface area contributed by atoms with Gasteiger partial charge >= 0.3 is 0 Å². The standard InChI is InChI=1S/C28H35Cl3N8O2S/c1-18-14-24(21(30)16-26(18)39-8-6-20(7-9-39)38-12-10-37(2)11-13-38)34-28-32-17-22(31)27(35-28)33-25-15-19(29)4-5-23(25)36-42(3,40)41/h4-5,14-17,20,36H,6-13H2,1-3H3,(H2,32,33,34,35). The van der Waals surface area contributed by atoms with Gasteiger partial charge in [0.2, 0.25) is 16.0 Å². The van der Waals surface area contributed by atoms with Crippen LogP contribution in [0.2, 0.25) is 15.1 Å². The number of rotatable bonds is 8. The van der Waals surface area contributed by atoms with Gasteiger partial charge in [-0.25, -0.2) is 13.4 Å². The van der Waals surface area contributed by atoms with Crippen LogP contribution in [0.25, 0.3) is 0 Å². The van der Waals surface area contributed by atoms with Crippen molar-refractivity contribution in [2.24, 2.45) is 0 Å². The van der Waals surface area contributed by atoms with Gasteiger partial charge in [-0.3, -0.25) is 9.62 Å². The number of anilines is 6. The highest BCUT2D eigenvalue weighted by atomic mass is 35.5. The smallest absolute Gasteiger partial charge is 0.229 e. The highest BCUT2D eigenvalue weighted by Gasteiger charge is 2.27. The first-order chi connectivity index (χ1) is 19.9. The summed E-state index contributed by atoms with van der Waals surface area (Å²) in [5.74, 6) is 0.532. The molecule has 3 aromatic rings. The summed E-state index contributed by atoms with van der Waals surface area (Å²) in [6, 6.07) is 9.35. The van der Waals surface area contributed by atoms with Crippen molar-refractivity contribution >= 4 is 79.3 Å². The molecule has 226 valence electrons. The number of halogens is 3. The lowest BCUT2D eigenvalue weighted by Crippen LogP contribution is -2.52. The lowest BCUT2D eigenvalue weighted by Gasteiger charge is -2.43. The minimum Gasteiger partial charge on any atom is -0.371 e. The summed E-state index contributed by atoms with van der Waals surface area (Å²) in [5, 5.41) is 7.46. The van der Waals surface area contributed by atoms with E-state index in [2.05, 4.69) is 54.0 Å². The number of nitrogens with one attached hydrogen (secondary N) is 3. The third-order valence-electron chi connectivity index (χ3n) is 7.67. The monoisotopic (exact) mass is 652 g/mol. The Balaban J connectivity index is 1.28. The fourth-order valence-electron chi connectivity index (χ4n) is 5.44. The van der Waals surface area contributed by atoms with Crippen LogP contribution < -0.4 is 20.3 Å². The molecule has 2 aliphatic heterocycles. The molecule has 2 saturated heterocycles. The first-order valence-electron chi connectivity index (χ1n) is 13.8. The molecule has 42 heavy (non-hydrogen) atoms. The second-order valence-corrected chi connectivity index (χ2v) is 13.9. The van der Waals surface area contributed by atoms with Crippen molar-refractivity contribution in [2.75, 3.05) is 72.8 Å². The van der Waals surface area contributed by atoms with Crippen LogP contribution in [-0.2, 0) is 10.0 Å². The number of aromatic nitrogens is 2. The zero-order valence-corrected chi connectivity index (χ0v) is 26.9. The molecular formula is C28H35Cl3N8O2S. The van der Waals surface area contributed by atoms with Gasteiger partial charge in [0.05, 0.1) is 34.5 Å². The molecule has 0 spiro atoms. The summed E-state index contributed by atoms with van der Waals surface area (Å²) in [5.41, 5.74) is 3.58. The van der Waals surface area contributed by atoms with Gasteiger partial charge in [-0.2, -0.15) is 4.98 Å². The summed E-state index contributed by atoms with van der Waals surface area (Å²) in [4.78, 5) is 16.3. The Kier molecular flexibility index (Phi) is 9.56. The molecule has 3 heterocycles. The Morgan fingerprint density at radius 1 is 0.881 bits per heavy atom. The van der Waals surface area contributed by atoms with Crippen LogP contribution in [0.15, 0.2) is 36.5 Å². The highest BCUT2D eigenvalue weighted by Crippen LogP contribution is 2.36. The number of hydrogen-bond donors (Lipinski definition) is 3. The number of piperidine rings is 1. The van der Waals surface area contributed by atoms with Gasteiger partial charge in [0.15, 0.2) is 5.82 Å². The van der Waals surface area contributed by atoms with Crippen molar-refractivity contribution in [1.82, 2.24) is 19.8 Å². The van der Waals surface area contributed by atoms with Gasteiger partial charge in [0, 0.05) is 56.0 Å². The molecule has 2 fully saturated rings. The number of benzene rings is 2. The fourth-order valence-corrected chi connectivity index (χ4v) is 6.53. The lowest BCUT2D eigenvalue weighted by atomic mass is 10.0. The van der Waals surface area contributed by atoms with Crippen molar-refractivity contribution in [3.63, 3.8) is 0 Å². The van der Waals surface area contributed by atoms with E-state index in [1.165, 1.54) is 6.20 Å². The number of hydrogen-bond acceptors (Lipinski definition) is 9. The van der Waals surface area contributed by atoms with E-state index in [0.29, 0.717) is 33.1 Å². The molecule has 3 N–H and O–H groups in total. The molecule has 2 aliphatic rings. The van der Waals surface area contributed by atoms with Gasteiger partial charge in [0.25, 0.3) is 0 Å². The SMILES string of the molecule is Cc1cc(Nc2ncc(Cl)c(Nc3cc(Cl)ccc3NS(C)(=O)=O)n2)c(Cl)cc1N1CCC(N2CCN(C)CC2)CC1. The summed E-state index contributed by atoms with van der Waals surface area (Å²) in [6.45, 7) is 8.64. The summed E-state index contributed by atoms with van der Waals surface area (Å²) in [6.07, 6.45) is 4.80. The van der Waals surface area contributed by atoms with E-state index in [1.807, 2.05) is 12.1 Å². The quantitative estimate of drug-likeness (QED) is 0.277. The zero-order valence-electron chi connectivity index (χ0n) is 23.8. The van der Waals surface area contributed by atoms with Crippen molar-refractivity contribution in [1.29, 1.82) is 0 Å². The Hall–Kier alpha value is -2.54. The molecule has 0 bridgehead atoms. The van der Waals surface area contributed by atoms with Gasteiger partial charge in [-0.05, 0) is 62.7 Å². The fraction of sp³-hybridized carbons (Fsp3) is 0.429. The van der Waals surface area contributed by atoms with Gasteiger partial charge in [-0.1, -0.05) is 34.8 Å². The van der Waals surface area contributed by atoms with E-state index in [0.717, 1.165) is 69.6 Å². The number of aryl methyl sites for hydroxylation is 1. The predicted molar refractivity (Wildman–Crippen MR) is 174 cm³/mol. The minimum absolute atomic E-state index is 0.239. The Morgan fingerprint density at radius 2 is 1.60 bits per heavy atom. The molecule has 1 aromatic heterocycles. The molecule has 0 aliphatic carbocycles. The summed E-state index contributed by atoms with van der Waals surface area (Å²) >= 11 is 19.3. The van der Waals surface area contributed by atoms with E-state index >= 15 is 0 Å². The zero-order chi connectivity index (χ0) is 30.0. The van der Waals surface area contributed by atoms with Gasteiger partial charge in [0.1, 0.15) is 5.02 Å². The maximum atomic E-state index is 11.8. The largest absolute Gasteiger partial charge is 0.371 e. The molecule has 0 atom stereocenters. The minimum atomic E-state index is -3.53. The molecule has 0 saturated carbocycles. The molecule has 0 radical (unpaired) electrons. The van der Waals surface area contributed by atoms with Crippen molar-refractivity contribution in [3.8, 4) is 0 Å². The number of piperazine rings is 1. The normalized spacial score (nSPS) is 17.3. The van der Waals surface area contributed by atoms with Crippen LogP contribution in [0, 0.1) is 6.92 Å². The lowest BCUT2D eigenvalue weighted by molar-refractivity contribution is 0.0982. The Bertz CT molecular complexity index is 1540. The third-order valence-corrected chi connectivity index (χ3v) is 9.08. The highest BCUT2D eigenvalue weighted by molar-refractivity contribution is 7.92. The van der Waals surface area contributed by atoms with Crippen molar-refractivity contribution in [2.45, 2.75) is 25.8 Å². The van der Waals surface area contributed by atoms with Crippen LogP contribution in [0.1, 0.15) is 18.4 Å². The maximum Gasteiger partial charge on any atom is 0.229 e. The van der Waals surface area contributed by atoms with E-state index in [1.54, 1.807) is 18.2 Å². The van der Waals surface area contributed by atoms with Crippen molar-refractivity contribution in [3.05, 3.63) is 57.2 Å². The first kappa shape index (κ1) is 30.9. The van der Waals surface area contributed by atoms with E-state index in [9.17, 15) is 8.42 Å². The molecule has 0 unspecified atom stereocenters. The van der Waals surface area contributed by atoms with Crippen LogP contribution in [0.5, 0.6) is 0 Å². The maximum absolute atomic E-state index is 11.8. The second kappa shape index (κ2) is 13.0. The van der Waals surface area contributed by atoms with E-state index < -0.39 is 10.0 Å². The van der Waals surface area contributed by atoms with Crippen LogP contribution in [0.3, 0.4) is 0 Å².